The van der Waals surface area contributed by atoms with Gasteiger partial charge < -0.3 is 9.80 Å². The molecule has 2 rings (SSSR count). The third-order valence-corrected chi connectivity index (χ3v) is 3.71. The van der Waals surface area contributed by atoms with Gasteiger partial charge in [0.25, 0.3) is 0 Å². The Labute approximate surface area is 117 Å². The number of fused-ring (bicyclic) bond motifs is 1. The van der Waals surface area contributed by atoms with E-state index in [1.165, 1.54) is 18.0 Å². The van der Waals surface area contributed by atoms with Crippen LogP contribution in [0.15, 0.2) is 36.0 Å². The van der Waals surface area contributed by atoms with Crippen molar-refractivity contribution in [2.75, 3.05) is 23.9 Å². The van der Waals surface area contributed by atoms with Gasteiger partial charge in [0.1, 0.15) is 5.70 Å². The predicted octanol–water partition coefficient (Wildman–Crippen LogP) is 4.19. The number of allylic oxidation sites excluding steroid dienone is 1. The standard InChI is InChI=1S/C15H19F3N2/c1-4-7-11-10-14(15(16,17)18)20(3)13-9-6-5-8-12(13)19(11)2/h5-6,8-11H,4,7H2,1-3H3. The molecule has 1 aliphatic rings. The lowest BCUT2D eigenvalue weighted by molar-refractivity contribution is -0.0932. The largest absolute Gasteiger partial charge is 0.431 e. The fourth-order valence-electron chi connectivity index (χ4n) is 2.62. The maximum atomic E-state index is 13.3. The zero-order valence-electron chi connectivity index (χ0n) is 11.9. The van der Waals surface area contributed by atoms with Crippen LogP contribution in [0.4, 0.5) is 24.5 Å². The number of rotatable bonds is 2. The second-order valence-corrected chi connectivity index (χ2v) is 5.06. The Morgan fingerprint density at radius 1 is 1.10 bits per heavy atom. The summed E-state index contributed by atoms with van der Waals surface area (Å²) in [5.41, 5.74) is 0.814. The molecule has 1 aromatic rings. The average Bonchev–Trinajstić information content (AvgIpc) is 2.49. The number of halogens is 3. The van der Waals surface area contributed by atoms with Gasteiger partial charge in [-0.2, -0.15) is 13.2 Å². The number of para-hydroxylation sites is 2. The molecule has 5 heteroatoms. The Bertz CT molecular complexity index is 508. The topological polar surface area (TPSA) is 6.48 Å². The van der Waals surface area contributed by atoms with Crippen LogP contribution in [0.5, 0.6) is 0 Å². The molecule has 1 heterocycles. The zero-order valence-corrected chi connectivity index (χ0v) is 11.9. The van der Waals surface area contributed by atoms with Crippen LogP contribution in [-0.4, -0.2) is 26.3 Å². The summed E-state index contributed by atoms with van der Waals surface area (Å²) < 4.78 is 39.8. The first-order valence-electron chi connectivity index (χ1n) is 6.71. The molecule has 1 aliphatic heterocycles. The van der Waals surface area contributed by atoms with Crippen LogP contribution < -0.4 is 9.80 Å². The number of hydrogen-bond acceptors (Lipinski definition) is 2. The lowest BCUT2D eigenvalue weighted by Gasteiger charge is -2.28. The molecule has 0 aliphatic carbocycles. The molecule has 0 N–H and O–H groups in total. The summed E-state index contributed by atoms with van der Waals surface area (Å²) in [5, 5.41) is 0. The van der Waals surface area contributed by atoms with E-state index >= 15 is 0 Å². The van der Waals surface area contributed by atoms with Gasteiger partial charge in [0.2, 0.25) is 0 Å². The van der Waals surface area contributed by atoms with Gasteiger partial charge in [-0.25, -0.2) is 0 Å². The molecular formula is C15H19F3N2. The quantitative estimate of drug-likeness (QED) is 0.803. The number of benzene rings is 1. The third kappa shape index (κ3) is 2.62. The molecule has 1 atom stereocenters. The summed E-state index contributed by atoms with van der Waals surface area (Å²) >= 11 is 0. The summed E-state index contributed by atoms with van der Waals surface area (Å²) in [7, 11) is 3.32. The highest BCUT2D eigenvalue weighted by Gasteiger charge is 2.40. The van der Waals surface area contributed by atoms with Crippen LogP contribution in [0, 0.1) is 0 Å². The van der Waals surface area contributed by atoms with Gasteiger partial charge in [0.15, 0.2) is 0 Å². The minimum Gasteiger partial charge on any atom is -0.366 e. The molecule has 110 valence electrons. The lowest BCUT2D eigenvalue weighted by atomic mass is 10.1. The summed E-state index contributed by atoms with van der Waals surface area (Å²) in [6.07, 6.45) is -1.48. The highest BCUT2D eigenvalue weighted by Crippen LogP contribution is 2.40. The Balaban J connectivity index is 2.57. The average molecular weight is 284 g/mol. The van der Waals surface area contributed by atoms with E-state index in [2.05, 4.69) is 0 Å². The smallest absolute Gasteiger partial charge is 0.366 e. The zero-order chi connectivity index (χ0) is 14.9. The third-order valence-electron chi connectivity index (χ3n) is 3.71. The maximum Gasteiger partial charge on any atom is 0.431 e. The first-order chi connectivity index (χ1) is 9.36. The Hall–Kier alpha value is -1.65. The van der Waals surface area contributed by atoms with E-state index < -0.39 is 11.9 Å². The number of nitrogens with zero attached hydrogens (tertiary/aromatic N) is 2. The molecule has 0 amide bonds. The second kappa shape index (κ2) is 5.38. The molecule has 0 radical (unpaired) electrons. The van der Waals surface area contributed by atoms with Gasteiger partial charge in [0.05, 0.1) is 11.4 Å². The molecular weight excluding hydrogens is 265 g/mol. The minimum atomic E-state index is -4.35. The molecule has 1 unspecified atom stereocenters. The molecule has 0 spiro atoms. The summed E-state index contributed by atoms with van der Waals surface area (Å²) in [6, 6.07) is 6.95. The van der Waals surface area contributed by atoms with Gasteiger partial charge in [-0.05, 0) is 24.6 Å². The summed E-state index contributed by atoms with van der Waals surface area (Å²) in [5.74, 6) is 0. The summed E-state index contributed by atoms with van der Waals surface area (Å²) in [6.45, 7) is 1.98. The molecule has 0 aromatic heterocycles. The van der Waals surface area contributed by atoms with Crippen LogP contribution in [0.2, 0.25) is 0 Å². The van der Waals surface area contributed by atoms with E-state index in [-0.39, 0.29) is 6.04 Å². The predicted molar refractivity (Wildman–Crippen MR) is 76.1 cm³/mol. The van der Waals surface area contributed by atoms with E-state index in [1.807, 2.05) is 31.0 Å². The number of anilines is 2. The number of likely N-dealkylation sites (N-methyl/N-ethyl adjacent to an activating group) is 1. The molecule has 20 heavy (non-hydrogen) atoms. The Kier molecular flexibility index (Phi) is 3.97. The maximum absolute atomic E-state index is 13.3. The fraction of sp³-hybridized carbons (Fsp3) is 0.467. The SMILES string of the molecule is CCCC1C=C(C(F)(F)F)N(C)c2ccccc2N1C. The van der Waals surface area contributed by atoms with Crippen LogP contribution in [0.25, 0.3) is 0 Å². The van der Waals surface area contributed by atoms with Crippen LogP contribution in [0.1, 0.15) is 19.8 Å². The van der Waals surface area contributed by atoms with Crippen LogP contribution in [0.3, 0.4) is 0 Å². The molecule has 1 aromatic carbocycles. The Morgan fingerprint density at radius 3 is 2.25 bits per heavy atom. The van der Waals surface area contributed by atoms with Gasteiger partial charge in [-0.3, -0.25) is 0 Å². The van der Waals surface area contributed by atoms with Crippen LogP contribution in [-0.2, 0) is 0 Å². The number of hydrogen-bond donors (Lipinski definition) is 0. The molecule has 0 fully saturated rings. The first kappa shape index (κ1) is 14.8. The Morgan fingerprint density at radius 2 is 1.70 bits per heavy atom. The van der Waals surface area contributed by atoms with Crippen molar-refractivity contribution < 1.29 is 13.2 Å². The van der Waals surface area contributed by atoms with E-state index in [9.17, 15) is 13.2 Å². The number of alkyl halides is 3. The van der Waals surface area contributed by atoms with E-state index in [0.717, 1.165) is 12.1 Å². The van der Waals surface area contributed by atoms with Crippen molar-refractivity contribution in [3.05, 3.63) is 36.0 Å². The van der Waals surface area contributed by atoms with Crippen molar-refractivity contribution in [2.45, 2.75) is 32.0 Å². The van der Waals surface area contributed by atoms with Crippen molar-refractivity contribution in [1.29, 1.82) is 0 Å². The molecule has 2 nitrogen and oxygen atoms in total. The fourth-order valence-corrected chi connectivity index (χ4v) is 2.62. The minimum absolute atomic E-state index is 0.247. The normalized spacial score (nSPS) is 19.5. The summed E-state index contributed by atoms with van der Waals surface area (Å²) in [4.78, 5) is 3.16. The molecule has 0 saturated carbocycles. The molecule has 0 bridgehead atoms. The van der Waals surface area contributed by atoms with E-state index in [4.69, 9.17) is 0 Å². The van der Waals surface area contributed by atoms with Crippen molar-refractivity contribution in [3.63, 3.8) is 0 Å². The van der Waals surface area contributed by atoms with Crippen molar-refractivity contribution in [1.82, 2.24) is 0 Å². The highest BCUT2D eigenvalue weighted by atomic mass is 19.4. The van der Waals surface area contributed by atoms with Crippen molar-refractivity contribution in [3.8, 4) is 0 Å². The monoisotopic (exact) mass is 284 g/mol. The van der Waals surface area contributed by atoms with Gasteiger partial charge in [-0.15, -0.1) is 0 Å². The molecule has 0 saturated heterocycles. The highest BCUT2D eigenvalue weighted by molar-refractivity contribution is 5.75. The first-order valence-corrected chi connectivity index (χ1v) is 6.71. The van der Waals surface area contributed by atoms with Crippen molar-refractivity contribution >= 4 is 11.4 Å². The van der Waals surface area contributed by atoms with Gasteiger partial charge >= 0.3 is 6.18 Å². The van der Waals surface area contributed by atoms with E-state index in [0.29, 0.717) is 12.1 Å². The van der Waals surface area contributed by atoms with Crippen molar-refractivity contribution in [2.24, 2.45) is 0 Å². The van der Waals surface area contributed by atoms with E-state index in [1.54, 1.807) is 12.1 Å². The van der Waals surface area contributed by atoms with Gasteiger partial charge in [0, 0.05) is 20.1 Å². The lowest BCUT2D eigenvalue weighted by Crippen LogP contribution is -2.30. The second-order valence-electron chi connectivity index (χ2n) is 5.06. The van der Waals surface area contributed by atoms with Gasteiger partial charge in [-0.1, -0.05) is 25.5 Å². The van der Waals surface area contributed by atoms with Crippen LogP contribution >= 0.6 is 0 Å².